The Bertz CT molecular complexity index is 465. The third kappa shape index (κ3) is 3.65. The van der Waals surface area contributed by atoms with E-state index in [-0.39, 0.29) is 5.91 Å². The van der Waals surface area contributed by atoms with Gasteiger partial charge in [-0.3, -0.25) is 4.79 Å². The average Bonchev–Trinajstić information content (AvgIpc) is 2.46. The second kappa shape index (κ2) is 6.64. The minimum Gasteiger partial charge on any atom is -0.377 e. The molecular formula is C16H25N3O. The largest absolute Gasteiger partial charge is 0.377 e. The van der Waals surface area contributed by atoms with Gasteiger partial charge in [-0.15, -0.1) is 0 Å². The van der Waals surface area contributed by atoms with Gasteiger partial charge in [-0.1, -0.05) is 6.07 Å². The van der Waals surface area contributed by atoms with E-state index in [0.717, 1.165) is 31.6 Å². The molecule has 4 nitrogen and oxygen atoms in total. The van der Waals surface area contributed by atoms with Crippen LogP contribution in [0.15, 0.2) is 18.2 Å². The average molecular weight is 275 g/mol. The van der Waals surface area contributed by atoms with Crippen molar-refractivity contribution in [2.24, 2.45) is 0 Å². The maximum atomic E-state index is 12.1. The molecule has 0 aromatic heterocycles. The molecule has 0 unspecified atom stereocenters. The van der Waals surface area contributed by atoms with Crippen molar-refractivity contribution in [2.45, 2.75) is 26.2 Å². The number of anilines is 2. The SMILES string of the molecule is Cc1ccc(NCC(=O)N2CCCCC2)cc1N(C)C. The van der Waals surface area contributed by atoms with Crippen LogP contribution < -0.4 is 10.2 Å². The van der Waals surface area contributed by atoms with Gasteiger partial charge < -0.3 is 15.1 Å². The van der Waals surface area contributed by atoms with Crippen molar-refractivity contribution in [3.8, 4) is 0 Å². The molecule has 1 aromatic rings. The molecule has 1 N–H and O–H groups in total. The van der Waals surface area contributed by atoms with E-state index in [1.807, 2.05) is 25.1 Å². The number of carbonyl (C=O) groups excluding carboxylic acids is 1. The Hall–Kier alpha value is -1.71. The zero-order valence-corrected chi connectivity index (χ0v) is 12.8. The number of amides is 1. The Labute approximate surface area is 121 Å². The van der Waals surface area contributed by atoms with Crippen LogP contribution >= 0.6 is 0 Å². The number of aryl methyl sites for hydroxylation is 1. The second-order valence-electron chi connectivity index (χ2n) is 5.69. The Morgan fingerprint density at radius 3 is 2.60 bits per heavy atom. The predicted octanol–water partition coefficient (Wildman–Crippen LogP) is 2.49. The van der Waals surface area contributed by atoms with Crippen molar-refractivity contribution in [1.82, 2.24) is 4.90 Å². The van der Waals surface area contributed by atoms with E-state index >= 15 is 0 Å². The first-order valence-corrected chi connectivity index (χ1v) is 7.37. The van der Waals surface area contributed by atoms with Crippen LogP contribution in [-0.4, -0.2) is 44.5 Å². The van der Waals surface area contributed by atoms with Gasteiger partial charge in [0.05, 0.1) is 6.54 Å². The lowest BCUT2D eigenvalue weighted by molar-refractivity contribution is -0.130. The summed E-state index contributed by atoms with van der Waals surface area (Å²) in [6.07, 6.45) is 3.53. The lowest BCUT2D eigenvalue weighted by Crippen LogP contribution is -2.39. The summed E-state index contributed by atoms with van der Waals surface area (Å²) in [5.41, 5.74) is 3.42. The highest BCUT2D eigenvalue weighted by Gasteiger charge is 2.15. The molecular weight excluding hydrogens is 250 g/mol. The number of nitrogens with zero attached hydrogens (tertiary/aromatic N) is 2. The minimum absolute atomic E-state index is 0.205. The Morgan fingerprint density at radius 2 is 1.95 bits per heavy atom. The maximum absolute atomic E-state index is 12.1. The number of hydrogen-bond donors (Lipinski definition) is 1. The summed E-state index contributed by atoms with van der Waals surface area (Å²) in [5.74, 6) is 0.205. The smallest absolute Gasteiger partial charge is 0.241 e. The number of benzene rings is 1. The summed E-state index contributed by atoms with van der Waals surface area (Å²) in [6.45, 7) is 4.31. The van der Waals surface area contributed by atoms with Crippen LogP contribution in [0.1, 0.15) is 24.8 Å². The molecule has 0 atom stereocenters. The fourth-order valence-corrected chi connectivity index (χ4v) is 2.63. The third-order valence-electron chi connectivity index (χ3n) is 3.84. The molecule has 1 saturated heterocycles. The fraction of sp³-hybridized carbons (Fsp3) is 0.562. The summed E-state index contributed by atoms with van der Waals surface area (Å²) >= 11 is 0. The fourth-order valence-electron chi connectivity index (χ4n) is 2.63. The summed E-state index contributed by atoms with van der Waals surface area (Å²) in [5, 5.41) is 3.25. The number of hydrogen-bond acceptors (Lipinski definition) is 3. The highest BCUT2D eigenvalue weighted by molar-refractivity contribution is 5.81. The van der Waals surface area contributed by atoms with Gasteiger partial charge in [0.2, 0.25) is 5.91 Å². The number of piperidine rings is 1. The number of nitrogens with one attached hydrogen (secondary N) is 1. The number of likely N-dealkylation sites (tertiary alicyclic amines) is 1. The van der Waals surface area contributed by atoms with Crippen LogP contribution in [0, 0.1) is 6.92 Å². The van der Waals surface area contributed by atoms with E-state index in [1.54, 1.807) is 0 Å². The lowest BCUT2D eigenvalue weighted by atomic mass is 10.1. The monoisotopic (exact) mass is 275 g/mol. The van der Waals surface area contributed by atoms with Crippen molar-refractivity contribution in [3.05, 3.63) is 23.8 Å². The summed E-state index contributed by atoms with van der Waals surface area (Å²) < 4.78 is 0. The highest BCUT2D eigenvalue weighted by atomic mass is 16.2. The van der Waals surface area contributed by atoms with Gasteiger partial charge in [-0.2, -0.15) is 0 Å². The predicted molar refractivity (Wildman–Crippen MR) is 84.4 cm³/mol. The standard InChI is InChI=1S/C16H25N3O/c1-13-7-8-14(11-15(13)18(2)3)17-12-16(20)19-9-5-4-6-10-19/h7-8,11,17H,4-6,9-10,12H2,1-3H3. The zero-order chi connectivity index (χ0) is 14.5. The molecule has 0 radical (unpaired) electrons. The first-order valence-electron chi connectivity index (χ1n) is 7.37. The van der Waals surface area contributed by atoms with Gasteiger partial charge >= 0.3 is 0 Å². The van der Waals surface area contributed by atoms with E-state index in [9.17, 15) is 4.79 Å². The molecule has 1 aromatic carbocycles. The molecule has 0 spiro atoms. The molecule has 20 heavy (non-hydrogen) atoms. The first kappa shape index (κ1) is 14.7. The Morgan fingerprint density at radius 1 is 1.25 bits per heavy atom. The Balaban J connectivity index is 1.93. The third-order valence-corrected chi connectivity index (χ3v) is 3.84. The van der Waals surface area contributed by atoms with Gasteiger partial charge in [0.25, 0.3) is 0 Å². The topological polar surface area (TPSA) is 35.6 Å². The highest BCUT2D eigenvalue weighted by Crippen LogP contribution is 2.22. The van der Waals surface area contributed by atoms with E-state index in [4.69, 9.17) is 0 Å². The van der Waals surface area contributed by atoms with Crippen molar-refractivity contribution in [2.75, 3.05) is 43.9 Å². The quantitative estimate of drug-likeness (QED) is 0.917. The van der Waals surface area contributed by atoms with Gasteiger partial charge in [-0.25, -0.2) is 0 Å². The Kier molecular flexibility index (Phi) is 4.88. The number of rotatable bonds is 4. The summed E-state index contributed by atoms with van der Waals surface area (Å²) in [7, 11) is 4.07. The summed E-state index contributed by atoms with van der Waals surface area (Å²) in [6, 6.07) is 6.22. The van der Waals surface area contributed by atoms with Gasteiger partial charge in [-0.05, 0) is 43.9 Å². The van der Waals surface area contributed by atoms with Crippen LogP contribution in [0.4, 0.5) is 11.4 Å². The zero-order valence-electron chi connectivity index (χ0n) is 12.8. The molecule has 0 bridgehead atoms. The molecule has 110 valence electrons. The van der Waals surface area contributed by atoms with E-state index in [0.29, 0.717) is 6.54 Å². The van der Waals surface area contributed by atoms with Crippen LogP contribution in [0.3, 0.4) is 0 Å². The molecule has 2 rings (SSSR count). The van der Waals surface area contributed by atoms with Crippen molar-refractivity contribution in [1.29, 1.82) is 0 Å². The molecule has 1 aliphatic heterocycles. The maximum Gasteiger partial charge on any atom is 0.241 e. The summed E-state index contributed by atoms with van der Waals surface area (Å²) in [4.78, 5) is 16.2. The van der Waals surface area contributed by atoms with Gasteiger partial charge in [0.15, 0.2) is 0 Å². The van der Waals surface area contributed by atoms with Crippen molar-refractivity contribution in [3.63, 3.8) is 0 Å². The van der Waals surface area contributed by atoms with E-state index in [1.165, 1.54) is 17.7 Å². The molecule has 1 amide bonds. The first-order chi connectivity index (χ1) is 9.58. The van der Waals surface area contributed by atoms with Gasteiger partial charge in [0.1, 0.15) is 0 Å². The minimum atomic E-state index is 0.205. The van der Waals surface area contributed by atoms with Crippen LogP contribution in [0.5, 0.6) is 0 Å². The number of carbonyl (C=O) groups is 1. The molecule has 1 fully saturated rings. The molecule has 1 aliphatic rings. The van der Waals surface area contributed by atoms with Crippen LogP contribution in [0.25, 0.3) is 0 Å². The van der Waals surface area contributed by atoms with Gasteiger partial charge in [0, 0.05) is 38.6 Å². The van der Waals surface area contributed by atoms with Crippen molar-refractivity contribution >= 4 is 17.3 Å². The molecule has 0 aliphatic carbocycles. The van der Waals surface area contributed by atoms with E-state index < -0.39 is 0 Å². The molecule has 1 heterocycles. The normalized spacial score (nSPS) is 15.1. The molecule has 4 heteroatoms. The van der Waals surface area contributed by atoms with E-state index in [2.05, 4.69) is 29.3 Å². The van der Waals surface area contributed by atoms with Crippen LogP contribution in [-0.2, 0) is 4.79 Å². The van der Waals surface area contributed by atoms with Crippen molar-refractivity contribution < 1.29 is 4.79 Å². The molecule has 0 saturated carbocycles. The van der Waals surface area contributed by atoms with Crippen LogP contribution in [0.2, 0.25) is 0 Å². The second-order valence-corrected chi connectivity index (χ2v) is 5.69. The lowest BCUT2D eigenvalue weighted by Gasteiger charge is -2.27.